The number of sulfone groups is 1. The number of nitrogens with zero attached hydrogens (tertiary/aromatic N) is 1. The van der Waals surface area contributed by atoms with Crippen molar-refractivity contribution in [2.24, 2.45) is 0 Å². The number of amides is 2. The van der Waals surface area contributed by atoms with Crippen molar-refractivity contribution in [2.45, 2.75) is 36.5 Å². The van der Waals surface area contributed by atoms with Crippen molar-refractivity contribution in [3.63, 3.8) is 0 Å². The third-order valence-corrected chi connectivity index (χ3v) is 6.78. The molecule has 2 amide bonds. The van der Waals surface area contributed by atoms with Gasteiger partial charge in [0.25, 0.3) is 5.91 Å². The Morgan fingerprint density at radius 1 is 1.09 bits per heavy atom. The Balaban J connectivity index is 1.48. The minimum Gasteiger partial charge on any atom is -0.457 e. The van der Waals surface area contributed by atoms with E-state index in [4.69, 9.17) is 13.9 Å². The van der Waals surface area contributed by atoms with Gasteiger partial charge in [0.1, 0.15) is 0 Å². The second kappa shape index (κ2) is 11.0. The predicted octanol–water partition coefficient (Wildman–Crippen LogP) is 2.15. The maximum Gasteiger partial charge on any atom is 0.409 e. The first-order chi connectivity index (χ1) is 15.8. The van der Waals surface area contributed by atoms with Gasteiger partial charge >= 0.3 is 12.1 Å². The highest BCUT2D eigenvalue weighted by molar-refractivity contribution is 7.90. The van der Waals surface area contributed by atoms with E-state index in [2.05, 4.69) is 5.32 Å². The molecular formula is C22H26N2O8S. The minimum absolute atomic E-state index is 0.124. The predicted molar refractivity (Wildman–Crippen MR) is 116 cm³/mol. The zero-order valence-electron chi connectivity index (χ0n) is 18.2. The van der Waals surface area contributed by atoms with Crippen LogP contribution in [0.1, 0.15) is 35.9 Å². The van der Waals surface area contributed by atoms with E-state index in [9.17, 15) is 22.8 Å². The van der Waals surface area contributed by atoms with Crippen molar-refractivity contribution in [3.8, 4) is 0 Å². The molecule has 178 valence electrons. The second-order valence-electron chi connectivity index (χ2n) is 7.45. The zero-order chi connectivity index (χ0) is 23.8. The summed E-state index contributed by atoms with van der Waals surface area (Å²) < 4.78 is 40.2. The number of rotatable bonds is 8. The fourth-order valence-electron chi connectivity index (χ4n) is 3.43. The van der Waals surface area contributed by atoms with Crippen molar-refractivity contribution < 1.29 is 36.7 Å². The second-order valence-corrected chi connectivity index (χ2v) is 9.44. The van der Waals surface area contributed by atoms with Crippen LogP contribution in [-0.4, -0.2) is 63.6 Å². The maximum absolute atomic E-state index is 12.6. The highest BCUT2D eigenvalue weighted by atomic mass is 32.2. The summed E-state index contributed by atoms with van der Waals surface area (Å²) in [7, 11) is -3.69. The molecule has 1 aliphatic rings. The van der Waals surface area contributed by atoms with Gasteiger partial charge in [-0.2, -0.15) is 0 Å². The first-order valence-electron chi connectivity index (χ1n) is 10.5. The molecule has 0 aliphatic carbocycles. The Morgan fingerprint density at radius 2 is 1.79 bits per heavy atom. The minimum atomic E-state index is -3.69. The van der Waals surface area contributed by atoms with Crippen molar-refractivity contribution in [1.29, 1.82) is 0 Å². The van der Waals surface area contributed by atoms with Crippen LogP contribution in [0.2, 0.25) is 0 Å². The quantitative estimate of drug-likeness (QED) is 0.571. The molecule has 0 bridgehead atoms. The fourth-order valence-corrected chi connectivity index (χ4v) is 4.81. The number of ether oxygens (including phenoxy) is 2. The SMILES string of the molecule is CCOC(=O)N1CCC(NC(=O)COC(=O)c2occc2CS(=O)(=O)c2ccccc2)CC1. The summed E-state index contributed by atoms with van der Waals surface area (Å²) in [6, 6.07) is 9.08. The van der Waals surface area contributed by atoms with E-state index in [0.717, 1.165) is 0 Å². The fraction of sp³-hybridized carbons (Fsp3) is 0.409. The van der Waals surface area contributed by atoms with E-state index in [1.165, 1.54) is 24.5 Å². The highest BCUT2D eigenvalue weighted by Gasteiger charge is 2.26. The summed E-state index contributed by atoms with van der Waals surface area (Å²) in [6.07, 6.45) is 1.93. The van der Waals surface area contributed by atoms with E-state index < -0.39 is 34.1 Å². The Kier molecular flexibility index (Phi) is 8.10. The van der Waals surface area contributed by atoms with Gasteiger partial charge in [-0.1, -0.05) is 18.2 Å². The van der Waals surface area contributed by atoms with Crippen LogP contribution in [0.5, 0.6) is 0 Å². The third kappa shape index (κ3) is 6.58. The number of piperidine rings is 1. The van der Waals surface area contributed by atoms with Crippen LogP contribution < -0.4 is 5.32 Å². The molecule has 3 rings (SSSR count). The normalized spacial score (nSPS) is 14.5. The van der Waals surface area contributed by atoms with Crippen LogP contribution in [0.25, 0.3) is 0 Å². The van der Waals surface area contributed by atoms with Crippen LogP contribution in [0.4, 0.5) is 4.79 Å². The molecule has 10 nitrogen and oxygen atoms in total. The molecule has 0 radical (unpaired) electrons. The number of hydrogen-bond acceptors (Lipinski definition) is 8. The number of hydrogen-bond donors (Lipinski definition) is 1. The van der Waals surface area contributed by atoms with Crippen LogP contribution >= 0.6 is 0 Å². The van der Waals surface area contributed by atoms with Gasteiger partial charge in [-0.25, -0.2) is 18.0 Å². The van der Waals surface area contributed by atoms with Crippen molar-refractivity contribution >= 4 is 27.8 Å². The van der Waals surface area contributed by atoms with E-state index >= 15 is 0 Å². The topological polar surface area (TPSA) is 132 Å². The summed E-state index contributed by atoms with van der Waals surface area (Å²) in [6.45, 7) is 2.41. The number of likely N-dealkylation sites (tertiary alicyclic amines) is 1. The molecular weight excluding hydrogens is 452 g/mol. The first kappa shape index (κ1) is 24.3. The summed E-state index contributed by atoms with van der Waals surface area (Å²) in [5.74, 6) is -2.12. The molecule has 33 heavy (non-hydrogen) atoms. The molecule has 11 heteroatoms. The van der Waals surface area contributed by atoms with E-state index in [0.29, 0.717) is 32.5 Å². The summed E-state index contributed by atoms with van der Waals surface area (Å²) in [5, 5.41) is 2.76. The summed E-state index contributed by atoms with van der Waals surface area (Å²) in [4.78, 5) is 38.0. The smallest absolute Gasteiger partial charge is 0.409 e. The highest BCUT2D eigenvalue weighted by Crippen LogP contribution is 2.20. The molecule has 0 unspecified atom stereocenters. The molecule has 2 heterocycles. The average molecular weight is 479 g/mol. The number of nitrogens with one attached hydrogen (secondary N) is 1. The maximum atomic E-state index is 12.6. The average Bonchev–Trinajstić information content (AvgIpc) is 3.26. The Bertz CT molecular complexity index is 1070. The van der Waals surface area contributed by atoms with Crippen molar-refractivity contribution in [3.05, 3.63) is 54.0 Å². The van der Waals surface area contributed by atoms with Crippen molar-refractivity contribution in [2.75, 3.05) is 26.3 Å². The number of carbonyl (C=O) groups excluding carboxylic acids is 3. The van der Waals surface area contributed by atoms with Crippen LogP contribution in [0, 0.1) is 0 Å². The number of esters is 1. The van der Waals surface area contributed by atoms with Crippen LogP contribution in [0.3, 0.4) is 0 Å². The molecule has 1 N–H and O–H groups in total. The van der Waals surface area contributed by atoms with Gasteiger partial charge in [0.2, 0.25) is 5.76 Å². The first-order valence-corrected chi connectivity index (χ1v) is 12.2. The monoisotopic (exact) mass is 478 g/mol. The number of benzene rings is 1. The third-order valence-electron chi connectivity index (χ3n) is 5.10. The van der Waals surface area contributed by atoms with Gasteiger partial charge in [0.15, 0.2) is 16.4 Å². The van der Waals surface area contributed by atoms with Crippen LogP contribution in [-0.2, 0) is 29.9 Å². The van der Waals surface area contributed by atoms with Gasteiger partial charge < -0.3 is 24.1 Å². The molecule has 0 atom stereocenters. The van der Waals surface area contributed by atoms with Crippen LogP contribution in [0.15, 0.2) is 52.0 Å². The summed E-state index contributed by atoms with van der Waals surface area (Å²) >= 11 is 0. The molecule has 1 aromatic heterocycles. The largest absolute Gasteiger partial charge is 0.457 e. The van der Waals surface area contributed by atoms with Crippen molar-refractivity contribution in [1.82, 2.24) is 10.2 Å². The number of carbonyl (C=O) groups is 3. The number of furan rings is 1. The van der Waals surface area contributed by atoms with E-state index in [1.807, 2.05) is 0 Å². The van der Waals surface area contributed by atoms with Gasteiger partial charge in [0.05, 0.1) is 23.5 Å². The molecule has 1 saturated heterocycles. The standard InChI is InChI=1S/C22H26N2O8S/c1-2-30-22(27)24-11-8-17(9-12-24)23-19(25)14-32-21(26)20-16(10-13-31-20)15-33(28,29)18-6-4-3-5-7-18/h3-7,10,13,17H,2,8-9,11-12,14-15H2,1H3,(H,23,25). The zero-order valence-corrected chi connectivity index (χ0v) is 19.0. The molecule has 0 spiro atoms. The lowest BCUT2D eigenvalue weighted by Crippen LogP contribution is -2.47. The molecule has 1 fully saturated rings. The lowest BCUT2D eigenvalue weighted by atomic mass is 10.1. The molecule has 1 aliphatic heterocycles. The summed E-state index contributed by atoms with van der Waals surface area (Å²) in [5.41, 5.74) is 0.149. The lowest BCUT2D eigenvalue weighted by Gasteiger charge is -2.31. The van der Waals surface area contributed by atoms with E-state index in [1.54, 1.807) is 30.0 Å². The van der Waals surface area contributed by atoms with Gasteiger partial charge in [-0.15, -0.1) is 0 Å². The Labute approximate surface area is 191 Å². The van der Waals surface area contributed by atoms with E-state index in [-0.39, 0.29) is 28.4 Å². The van der Waals surface area contributed by atoms with Gasteiger partial charge in [-0.05, 0) is 38.0 Å². The van der Waals surface area contributed by atoms with Gasteiger partial charge in [-0.3, -0.25) is 4.79 Å². The molecule has 1 aromatic carbocycles. The Hall–Kier alpha value is -3.34. The Morgan fingerprint density at radius 3 is 2.45 bits per heavy atom. The molecule has 0 saturated carbocycles. The molecule has 2 aromatic rings. The lowest BCUT2D eigenvalue weighted by molar-refractivity contribution is -0.125. The van der Waals surface area contributed by atoms with Gasteiger partial charge in [0, 0.05) is 24.7 Å².